The second kappa shape index (κ2) is 10.6. The number of benzene rings is 2. The van der Waals surface area contributed by atoms with Crippen LogP contribution in [0.3, 0.4) is 0 Å². The van der Waals surface area contributed by atoms with E-state index in [4.69, 9.17) is 15.2 Å². The summed E-state index contributed by atoms with van der Waals surface area (Å²) in [4.78, 5) is 38.2. The van der Waals surface area contributed by atoms with Gasteiger partial charge in [0.15, 0.2) is 23.1 Å². The van der Waals surface area contributed by atoms with Crippen molar-refractivity contribution in [1.82, 2.24) is 15.0 Å². The SMILES string of the molecule is COc1nc2c(Oc3ccc(CC(=O)c4c(C)[nH]c(C)c(-c5ccc(F)cc5)c4=O)cc3F)ccnc2cc1N. The van der Waals surface area contributed by atoms with Crippen LogP contribution in [0.15, 0.2) is 65.6 Å². The molecule has 0 atom stereocenters. The fourth-order valence-electron chi connectivity index (χ4n) is 4.59. The van der Waals surface area contributed by atoms with Crippen molar-refractivity contribution < 1.29 is 23.0 Å². The second-order valence-electron chi connectivity index (χ2n) is 9.19. The number of nitrogens with two attached hydrogens (primary N) is 1. The Morgan fingerprint density at radius 2 is 1.75 bits per heavy atom. The molecule has 0 aliphatic heterocycles. The Morgan fingerprint density at radius 1 is 1.00 bits per heavy atom. The number of Topliss-reactive ketones (excluding diaryl/α,β-unsaturated/α-hetero) is 1. The van der Waals surface area contributed by atoms with Crippen molar-refractivity contribution in [1.29, 1.82) is 0 Å². The normalized spacial score (nSPS) is 11.0. The largest absolute Gasteiger partial charge is 0.480 e. The minimum absolute atomic E-state index is 0.0341. The van der Waals surface area contributed by atoms with E-state index in [-0.39, 0.29) is 34.9 Å². The maximum Gasteiger partial charge on any atom is 0.237 e. The molecule has 202 valence electrons. The molecule has 3 aromatic heterocycles. The first kappa shape index (κ1) is 26.5. The summed E-state index contributed by atoms with van der Waals surface area (Å²) in [5, 5.41) is 0. The average Bonchev–Trinajstić information content (AvgIpc) is 2.90. The van der Waals surface area contributed by atoms with E-state index in [1.807, 2.05) is 0 Å². The summed E-state index contributed by atoms with van der Waals surface area (Å²) >= 11 is 0. The molecular weight excluding hydrogens is 518 g/mol. The first-order valence-electron chi connectivity index (χ1n) is 12.2. The van der Waals surface area contributed by atoms with Crippen LogP contribution in [0.25, 0.3) is 22.2 Å². The van der Waals surface area contributed by atoms with E-state index >= 15 is 4.39 Å². The van der Waals surface area contributed by atoms with Crippen LogP contribution in [0.4, 0.5) is 14.5 Å². The number of hydrogen-bond donors (Lipinski definition) is 2. The number of pyridine rings is 3. The molecule has 0 amide bonds. The van der Waals surface area contributed by atoms with Crippen LogP contribution in [-0.2, 0) is 6.42 Å². The number of ketones is 1. The Labute approximate surface area is 227 Å². The zero-order chi connectivity index (χ0) is 28.6. The predicted molar refractivity (Wildman–Crippen MR) is 147 cm³/mol. The van der Waals surface area contributed by atoms with Gasteiger partial charge in [-0.2, -0.15) is 0 Å². The first-order valence-corrected chi connectivity index (χ1v) is 12.2. The molecule has 0 unspecified atom stereocenters. The lowest BCUT2D eigenvalue weighted by Gasteiger charge is -2.13. The highest BCUT2D eigenvalue weighted by atomic mass is 19.1. The average molecular weight is 543 g/mol. The smallest absolute Gasteiger partial charge is 0.237 e. The maximum absolute atomic E-state index is 15.1. The molecule has 10 heteroatoms. The molecule has 2 aromatic carbocycles. The van der Waals surface area contributed by atoms with Gasteiger partial charge in [-0.1, -0.05) is 18.2 Å². The minimum Gasteiger partial charge on any atom is -0.480 e. The molecule has 0 saturated carbocycles. The Balaban J connectivity index is 1.42. The monoisotopic (exact) mass is 542 g/mol. The Hall–Kier alpha value is -5.12. The van der Waals surface area contributed by atoms with Gasteiger partial charge >= 0.3 is 0 Å². The molecule has 0 radical (unpaired) electrons. The van der Waals surface area contributed by atoms with Gasteiger partial charge in [-0.15, -0.1) is 0 Å². The van der Waals surface area contributed by atoms with Crippen molar-refractivity contribution >= 4 is 22.5 Å². The Morgan fingerprint density at radius 3 is 2.45 bits per heavy atom. The number of hydrogen-bond acceptors (Lipinski definition) is 7. The van der Waals surface area contributed by atoms with Gasteiger partial charge < -0.3 is 20.2 Å². The number of aryl methyl sites for hydroxylation is 2. The van der Waals surface area contributed by atoms with Gasteiger partial charge in [0.2, 0.25) is 11.3 Å². The number of aromatic amines is 1. The molecule has 0 spiro atoms. The third-order valence-corrected chi connectivity index (χ3v) is 6.43. The number of nitrogen functional groups attached to an aromatic ring is 1. The van der Waals surface area contributed by atoms with Crippen LogP contribution < -0.4 is 20.6 Å². The van der Waals surface area contributed by atoms with Crippen LogP contribution >= 0.6 is 0 Å². The lowest BCUT2D eigenvalue weighted by Crippen LogP contribution is -2.22. The molecule has 8 nitrogen and oxygen atoms in total. The number of nitrogens with one attached hydrogen (secondary N) is 1. The number of rotatable bonds is 7. The zero-order valence-electron chi connectivity index (χ0n) is 21.8. The van der Waals surface area contributed by atoms with Gasteiger partial charge in [0.05, 0.1) is 23.9 Å². The number of H-pyrrole nitrogens is 1. The van der Waals surface area contributed by atoms with E-state index in [9.17, 15) is 14.0 Å². The van der Waals surface area contributed by atoms with E-state index in [1.54, 1.807) is 26.0 Å². The van der Waals surface area contributed by atoms with Crippen molar-refractivity contribution in [2.45, 2.75) is 20.3 Å². The molecule has 0 aliphatic rings. The number of carbonyl (C=O) groups is 1. The van der Waals surface area contributed by atoms with Gasteiger partial charge in [-0.05, 0) is 55.3 Å². The van der Waals surface area contributed by atoms with E-state index in [1.165, 1.54) is 55.8 Å². The van der Waals surface area contributed by atoms with Gasteiger partial charge in [-0.25, -0.2) is 13.8 Å². The lowest BCUT2D eigenvalue weighted by atomic mass is 9.95. The van der Waals surface area contributed by atoms with Crippen LogP contribution in [0.5, 0.6) is 17.4 Å². The van der Waals surface area contributed by atoms with Crippen LogP contribution in [0.2, 0.25) is 0 Å². The number of fused-ring (bicyclic) bond motifs is 1. The molecule has 5 aromatic rings. The fourth-order valence-corrected chi connectivity index (χ4v) is 4.59. The third-order valence-electron chi connectivity index (χ3n) is 6.43. The highest BCUT2D eigenvalue weighted by molar-refractivity contribution is 5.99. The van der Waals surface area contributed by atoms with E-state index in [0.717, 1.165) is 0 Å². The fraction of sp³-hybridized carbons (Fsp3) is 0.133. The topological polar surface area (TPSA) is 120 Å². The quantitative estimate of drug-likeness (QED) is 0.254. The molecule has 3 N–H and O–H groups in total. The van der Waals surface area contributed by atoms with Crippen molar-refractivity contribution in [2.24, 2.45) is 0 Å². The van der Waals surface area contributed by atoms with E-state index < -0.39 is 22.8 Å². The van der Waals surface area contributed by atoms with Crippen molar-refractivity contribution in [2.75, 3.05) is 12.8 Å². The molecule has 5 rings (SSSR count). The van der Waals surface area contributed by atoms with Crippen LogP contribution in [-0.4, -0.2) is 27.8 Å². The molecule has 40 heavy (non-hydrogen) atoms. The number of carbonyl (C=O) groups excluding carboxylic acids is 1. The predicted octanol–water partition coefficient (Wildman–Crippen LogP) is 5.69. The number of nitrogens with zero attached hydrogens (tertiary/aromatic N) is 2. The lowest BCUT2D eigenvalue weighted by molar-refractivity contribution is 0.0991. The summed E-state index contributed by atoms with van der Waals surface area (Å²) in [6, 6.07) is 12.7. The zero-order valence-corrected chi connectivity index (χ0v) is 21.8. The molecule has 0 aliphatic carbocycles. The molecular formula is C30H24F2N4O4. The summed E-state index contributed by atoms with van der Waals surface area (Å²) in [5.74, 6) is -1.30. The molecule has 0 fully saturated rings. The standard InChI is InChI=1S/C30H24F2N4O4/c1-15-26(18-5-7-19(31)8-6-18)29(38)27(16(2)35-15)23(37)13-17-4-9-24(20(32)12-17)40-25-10-11-34-22-14-21(33)30(39-3)36-28(22)25/h4-12,14H,13,33H2,1-3H3,(H,35,38). The van der Waals surface area contributed by atoms with Crippen molar-refractivity contribution in [3.05, 3.63) is 105 Å². The van der Waals surface area contributed by atoms with Crippen molar-refractivity contribution in [3.8, 4) is 28.5 Å². The molecule has 3 heterocycles. The highest BCUT2D eigenvalue weighted by Gasteiger charge is 2.21. The molecule has 0 bridgehead atoms. The maximum atomic E-state index is 15.1. The van der Waals surface area contributed by atoms with Gasteiger partial charge in [0, 0.05) is 35.6 Å². The van der Waals surface area contributed by atoms with Crippen LogP contribution in [0, 0.1) is 25.5 Å². The summed E-state index contributed by atoms with van der Waals surface area (Å²) in [7, 11) is 1.43. The Kier molecular flexibility index (Phi) is 7.00. The number of ether oxygens (including phenoxy) is 2. The number of anilines is 1. The van der Waals surface area contributed by atoms with Gasteiger partial charge in [-0.3, -0.25) is 14.6 Å². The molecule has 0 saturated heterocycles. The van der Waals surface area contributed by atoms with Crippen LogP contribution in [0.1, 0.15) is 27.3 Å². The number of halogens is 2. The summed E-state index contributed by atoms with van der Waals surface area (Å²) in [6.45, 7) is 3.34. The number of methoxy groups -OCH3 is 1. The number of aromatic nitrogens is 3. The summed E-state index contributed by atoms with van der Waals surface area (Å²) in [5.41, 5.74) is 8.53. The van der Waals surface area contributed by atoms with Gasteiger partial charge in [0.1, 0.15) is 11.3 Å². The van der Waals surface area contributed by atoms with E-state index in [0.29, 0.717) is 39.2 Å². The van der Waals surface area contributed by atoms with Gasteiger partial charge in [0.25, 0.3) is 0 Å². The van der Waals surface area contributed by atoms with E-state index in [2.05, 4.69) is 15.0 Å². The van der Waals surface area contributed by atoms with Crippen molar-refractivity contribution in [3.63, 3.8) is 0 Å². The second-order valence-corrected chi connectivity index (χ2v) is 9.19. The first-order chi connectivity index (χ1) is 19.2. The summed E-state index contributed by atoms with van der Waals surface area (Å²) in [6.07, 6.45) is 1.26. The minimum atomic E-state index is -0.709. The Bertz CT molecular complexity index is 1840. The summed E-state index contributed by atoms with van der Waals surface area (Å²) < 4.78 is 39.5. The third kappa shape index (κ3) is 4.98. The highest BCUT2D eigenvalue weighted by Crippen LogP contribution is 2.33.